The summed E-state index contributed by atoms with van der Waals surface area (Å²) in [5.41, 5.74) is -1.67. The van der Waals surface area contributed by atoms with E-state index < -0.39 is 23.3 Å². The van der Waals surface area contributed by atoms with Crippen LogP contribution in [0.3, 0.4) is 0 Å². The van der Waals surface area contributed by atoms with E-state index in [2.05, 4.69) is 10.4 Å². The van der Waals surface area contributed by atoms with E-state index in [9.17, 15) is 27.6 Å². The predicted molar refractivity (Wildman–Crippen MR) is 126 cm³/mol. The number of rotatable bonds is 6. The van der Waals surface area contributed by atoms with Crippen LogP contribution in [0.1, 0.15) is 61.5 Å². The summed E-state index contributed by atoms with van der Waals surface area (Å²) >= 11 is 1.08. The molecular weight excluding hydrogens is 483 g/mol. The van der Waals surface area contributed by atoms with E-state index in [4.69, 9.17) is 4.74 Å². The van der Waals surface area contributed by atoms with Gasteiger partial charge in [-0.2, -0.15) is 23.0 Å². The maximum absolute atomic E-state index is 13.4. The first-order valence-corrected chi connectivity index (χ1v) is 12.3. The van der Waals surface area contributed by atoms with Crippen molar-refractivity contribution in [3.05, 3.63) is 51.3 Å². The molecule has 3 aromatic rings. The number of anilines is 1. The van der Waals surface area contributed by atoms with Gasteiger partial charge in [0.2, 0.25) is 5.91 Å². The molecule has 2 aromatic heterocycles. The van der Waals surface area contributed by atoms with Crippen LogP contribution in [0.25, 0.3) is 16.5 Å². The van der Waals surface area contributed by atoms with Crippen LogP contribution in [0, 0.1) is 5.92 Å². The van der Waals surface area contributed by atoms with Crippen molar-refractivity contribution in [2.45, 2.75) is 51.6 Å². The molecule has 1 amide bonds. The van der Waals surface area contributed by atoms with Gasteiger partial charge in [0.1, 0.15) is 5.00 Å². The Morgan fingerprint density at radius 3 is 2.49 bits per heavy atom. The van der Waals surface area contributed by atoms with E-state index in [1.54, 1.807) is 12.3 Å². The Morgan fingerprint density at radius 2 is 1.86 bits per heavy atom. The van der Waals surface area contributed by atoms with E-state index in [-0.39, 0.29) is 45.6 Å². The Morgan fingerprint density at radius 1 is 1.17 bits per heavy atom. The number of nitrogens with zero attached hydrogens (tertiary/aromatic N) is 2. The van der Waals surface area contributed by atoms with Gasteiger partial charge in [0.05, 0.1) is 23.2 Å². The molecule has 0 radical (unpaired) electrons. The SMILES string of the molecule is CCOC(=O)c1nn(-c2ccc(C(F)(F)F)cc2)c(=O)c2c(NC(=O)CC3CCCCC3)scc12. The van der Waals surface area contributed by atoms with E-state index in [1.165, 1.54) is 6.42 Å². The van der Waals surface area contributed by atoms with Gasteiger partial charge in [-0.3, -0.25) is 9.59 Å². The molecular formula is C24H24F3N3O4S. The van der Waals surface area contributed by atoms with Crippen LogP contribution in [0.5, 0.6) is 0 Å². The van der Waals surface area contributed by atoms with Gasteiger partial charge in [-0.15, -0.1) is 11.3 Å². The number of ether oxygens (including phenoxy) is 1. The molecule has 4 rings (SSSR count). The van der Waals surface area contributed by atoms with E-state index >= 15 is 0 Å². The fourth-order valence-corrected chi connectivity index (χ4v) is 5.24. The molecule has 2 heterocycles. The molecule has 0 atom stereocenters. The van der Waals surface area contributed by atoms with Crippen LogP contribution in [-0.2, 0) is 15.7 Å². The van der Waals surface area contributed by atoms with Gasteiger partial charge < -0.3 is 10.1 Å². The minimum absolute atomic E-state index is 0.0427. The fraction of sp³-hybridized carbons (Fsp3) is 0.417. The first kappa shape index (κ1) is 24.9. The number of alkyl halides is 3. The fourth-order valence-electron chi connectivity index (χ4n) is 4.29. The number of carbonyl (C=O) groups excluding carboxylic acids is 2. The molecule has 1 N–H and O–H groups in total. The van der Waals surface area contributed by atoms with E-state index in [1.807, 2.05) is 0 Å². The number of nitrogens with one attached hydrogen (secondary N) is 1. The monoisotopic (exact) mass is 507 g/mol. The van der Waals surface area contributed by atoms with Crippen LogP contribution in [0.15, 0.2) is 34.4 Å². The minimum atomic E-state index is -4.54. The minimum Gasteiger partial charge on any atom is -0.461 e. The second-order valence-corrected chi connectivity index (χ2v) is 9.32. The normalized spacial score (nSPS) is 14.7. The summed E-state index contributed by atoms with van der Waals surface area (Å²) in [6.07, 6.45) is 1.11. The molecule has 11 heteroatoms. The van der Waals surface area contributed by atoms with Gasteiger partial charge in [0.15, 0.2) is 5.69 Å². The van der Waals surface area contributed by atoms with Crippen LogP contribution in [-0.4, -0.2) is 28.3 Å². The topological polar surface area (TPSA) is 90.3 Å². The summed E-state index contributed by atoms with van der Waals surface area (Å²) in [6, 6.07) is 3.87. The first-order chi connectivity index (χ1) is 16.7. The molecule has 0 bridgehead atoms. The molecule has 0 spiro atoms. The van der Waals surface area contributed by atoms with Crippen LogP contribution in [0.2, 0.25) is 0 Å². The average molecular weight is 508 g/mol. The number of halogens is 3. The zero-order valence-electron chi connectivity index (χ0n) is 19.0. The lowest BCUT2D eigenvalue weighted by Gasteiger charge is -2.20. The largest absolute Gasteiger partial charge is 0.461 e. The number of hydrogen-bond donors (Lipinski definition) is 1. The third-order valence-corrected chi connectivity index (χ3v) is 6.91. The van der Waals surface area contributed by atoms with Gasteiger partial charge in [0.25, 0.3) is 5.56 Å². The zero-order valence-corrected chi connectivity index (χ0v) is 19.8. The smallest absolute Gasteiger partial charge is 0.416 e. The van der Waals surface area contributed by atoms with Crippen molar-refractivity contribution in [3.63, 3.8) is 0 Å². The molecule has 0 aliphatic heterocycles. The summed E-state index contributed by atoms with van der Waals surface area (Å²) in [4.78, 5) is 38.7. The quantitative estimate of drug-likeness (QED) is 0.442. The summed E-state index contributed by atoms with van der Waals surface area (Å²) < 4.78 is 44.9. The van der Waals surface area contributed by atoms with Crippen molar-refractivity contribution in [1.29, 1.82) is 0 Å². The summed E-state index contributed by atoms with van der Waals surface area (Å²) in [7, 11) is 0. The number of hydrogen-bond acceptors (Lipinski definition) is 6. The molecule has 1 saturated carbocycles. The number of amides is 1. The molecule has 7 nitrogen and oxygen atoms in total. The Balaban J connectivity index is 1.76. The molecule has 1 fully saturated rings. The maximum atomic E-state index is 13.4. The number of esters is 1. The first-order valence-electron chi connectivity index (χ1n) is 11.4. The van der Waals surface area contributed by atoms with Crippen LogP contribution < -0.4 is 10.9 Å². The Kier molecular flexibility index (Phi) is 7.25. The van der Waals surface area contributed by atoms with Gasteiger partial charge in [0, 0.05) is 17.2 Å². The molecule has 0 saturated heterocycles. The van der Waals surface area contributed by atoms with Crippen molar-refractivity contribution in [2.24, 2.45) is 5.92 Å². The lowest BCUT2D eigenvalue weighted by atomic mass is 9.87. The Labute approximate surface area is 202 Å². The summed E-state index contributed by atoms with van der Waals surface area (Å²) in [5, 5.41) is 8.99. The highest BCUT2D eigenvalue weighted by Gasteiger charge is 2.30. The third kappa shape index (κ3) is 5.39. The molecule has 1 aromatic carbocycles. The van der Waals surface area contributed by atoms with Gasteiger partial charge in [-0.1, -0.05) is 19.3 Å². The number of benzene rings is 1. The van der Waals surface area contributed by atoms with E-state index in [0.29, 0.717) is 6.42 Å². The standard InChI is InChI=1S/C24H24F3N3O4S/c1-2-34-23(33)20-17-13-35-21(28-18(31)12-14-6-4-3-5-7-14)19(17)22(32)30(29-20)16-10-8-15(9-11-16)24(25,26)27/h8-11,13-14H,2-7,12H2,1H3,(H,28,31). The Hall–Kier alpha value is -3.21. The number of aromatic nitrogens is 2. The van der Waals surface area contributed by atoms with Crippen molar-refractivity contribution in [2.75, 3.05) is 11.9 Å². The maximum Gasteiger partial charge on any atom is 0.416 e. The van der Waals surface area contributed by atoms with Gasteiger partial charge in [-0.25, -0.2) is 4.79 Å². The number of thiophene rings is 1. The van der Waals surface area contributed by atoms with Crippen LogP contribution >= 0.6 is 11.3 Å². The molecule has 1 aliphatic carbocycles. The average Bonchev–Trinajstić information content (AvgIpc) is 3.23. The highest BCUT2D eigenvalue weighted by Crippen LogP contribution is 2.33. The van der Waals surface area contributed by atoms with Gasteiger partial charge in [-0.05, 0) is 49.9 Å². The lowest BCUT2D eigenvalue weighted by molar-refractivity contribution is -0.137. The summed E-state index contributed by atoms with van der Waals surface area (Å²) in [6.45, 7) is 1.68. The number of fused-ring (bicyclic) bond motifs is 1. The third-order valence-electron chi connectivity index (χ3n) is 6.01. The lowest BCUT2D eigenvalue weighted by Crippen LogP contribution is -2.26. The van der Waals surface area contributed by atoms with Crippen molar-refractivity contribution >= 4 is 39.0 Å². The number of carbonyl (C=O) groups is 2. The molecule has 0 unspecified atom stereocenters. The van der Waals surface area contributed by atoms with E-state index in [0.717, 1.165) is 66.0 Å². The highest BCUT2D eigenvalue weighted by molar-refractivity contribution is 7.16. The van der Waals surface area contributed by atoms with Crippen molar-refractivity contribution in [1.82, 2.24) is 9.78 Å². The highest BCUT2D eigenvalue weighted by atomic mass is 32.1. The molecule has 35 heavy (non-hydrogen) atoms. The Bertz CT molecular complexity index is 1290. The molecule has 1 aliphatic rings. The van der Waals surface area contributed by atoms with Gasteiger partial charge >= 0.3 is 12.1 Å². The van der Waals surface area contributed by atoms with Crippen LogP contribution in [0.4, 0.5) is 18.2 Å². The second kappa shape index (κ2) is 10.2. The van der Waals surface area contributed by atoms with Crippen molar-refractivity contribution in [3.8, 4) is 5.69 Å². The molecule has 186 valence electrons. The van der Waals surface area contributed by atoms with Crippen molar-refractivity contribution < 1.29 is 27.5 Å². The second-order valence-electron chi connectivity index (χ2n) is 8.44. The zero-order chi connectivity index (χ0) is 25.2. The summed E-state index contributed by atoms with van der Waals surface area (Å²) in [5.74, 6) is -0.720. The predicted octanol–water partition coefficient (Wildman–Crippen LogP) is 5.55.